The molecule has 0 saturated heterocycles. The second-order valence-corrected chi connectivity index (χ2v) is 7.15. The Labute approximate surface area is 160 Å². The van der Waals surface area contributed by atoms with E-state index in [1.807, 2.05) is 25.1 Å². The first-order chi connectivity index (χ1) is 13.6. The van der Waals surface area contributed by atoms with Gasteiger partial charge in [-0.3, -0.25) is 14.8 Å². The number of furan rings is 1. The zero-order valence-electron chi connectivity index (χ0n) is 15.4. The van der Waals surface area contributed by atoms with E-state index in [1.54, 1.807) is 18.4 Å². The van der Waals surface area contributed by atoms with Gasteiger partial charge in [-0.25, -0.2) is 13.9 Å². The fourth-order valence-corrected chi connectivity index (χ4v) is 3.85. The van der Waals surface area contributed by atoms with Crippen LogP contribution >= 0.6 is 0 Å². The predicted octanol–water partition coefficient (Wildman–Crippen LogP) is 3.29. The fourth-order valence-electron chi connectivity index (χ4n) is 3.85. The highest BCUT2D eigenvalue weighted by molar-refractivity contribution is 5.65. The van der Waals surface area contributed by atoms with Gasteiger partial charge in [0.1, 0.15) is 11.6 Å². The van der Waals surface area contributed by atoms with Gasteiger partial charge in [-0.15, -0.1) is 0 Å². The third-order valence-corrected chi connectivity index (χ3v) is 5.35. The van der Waals surface area contributed by atoms with Gasteiger partial charge >= 0.3 is 0 Å². The van der Waals surface area contributed by atoms with Gasteiger partial charge in [-0.2, -0.15) is 0 Å². The summed E-state index contributed by atoms with van der Waals surface area (Å²) in [5.74, 6) is 0.572. The molecule has 6 nitrogen and oxygen atoms in total. The molecule has 0 amide bonds. The maximum Gasteiger partial charge on any atom is 0.276 e. The fraction of sp³-hybridized carbons (Fsp3) is 0.238. The lowest BCUT2D eigenvalue weighted by molar-refractivity contribution is 0.237. The Morgan fingerprint density at radius 2 is 2.14 bits per heavy atom. The molecule has 0 fully saturated rings. The number of fused-ring (bicyclic) bond motifs is 2. The number of nitrogens with one attached hydrogen (secondary N) is 1. The number of rotatable bonds is 3. The van der Waals surface area contributed by atoms with E-state index in [4.69, 9.17) is 9.40 Å². The number of aromatic nitrogens is 3. The Kier molecular flexibility index (Phi) is 3.91. The molecule has 28 heavy (non-hydrogen) atoms. The largest absolute Gasteiger partial charge is 0.469 e. The van der Waals surface area contributed by atoms with E-state index in [9.17, 15) is 9.18 Å². The Morgan fingerprint density at radius 1 is 1.29 bits per heavy atom. The normalized spacial score (nSPS) is 14.5. The summed E-state index contributed by atoms with van der Waals surface area (Å²) >= 11 is 0. The molecule has 1 aliphatic heterocycles. The summed E-state index contributed by atoms with van der Waals surface area (Å²) in [5, 5.41) is 3.13. The van der Waals surface area contributed by atoms with Gasteiger partial charge in [0.2, 0.25) is 0 Å². The van der Waals surface area contributed by atoms with Crippen molar-refractivity contribution in [2.45, 2.75) is 26.4 Å². The lowest BCUT2D eigenvalue weighted by atomic mass is 10.1. The van der Waals surface area contributed by atoms with Crippen molar-refractivity contribution in [1.29, 1.82) is 0 Å². The number of hydrogen-bond acceptors (Lipinski definition) is 4. The van der Waals surface area contributed by atoms with Crippen LogP contribution in [0.25, 0.3) is 16.9 Å². The first-order valence-electron chi connectivity index (χ1n) is 9.24. The Hall–Kier alpha value is -3.19. The molecule has 4 aromatic rings. The molecule has 0 bridgehead atoms. The van der Waals surface area contributed by atoms with Crippen LogP contribution in [-0.2, 0) is 19.5 Å². The quantitative estimate of drug-likeness (QED) is 0.594. The zero-order valence-corrected chi connectivity index (χ0v) is 15.4. The topological polar surface area (TPSA) is 66.5 Å². The third kappa shape index (κ3) is 2.75. The van der Waals surface area contributed by atoms with Crippen molar-refractivity contribution in [3.05, 3.63) is 81.4 Å². The van der Waals surface area contributed by atoms with E-state index in [2.05, 4.69) is 10.00 Å². The molecule has 0 atom stereocenters. The molecule has 0 spiro atoms. The maximum absolute atomic E-state index is 14.0. The van der Waals surface area contributed by atoms with Crippen molar-refractivity contribution in [2.75, 3.05) is 6.54 Å². The van der Waals surface area contributed by atoms with Crippen molar-refractivity contribution in [2.24, 2.45) is 0 Å². The highest BCUT2D eigenvalue weighted by atomic mass is 19.1. The highest BCUT2D eigenvalue weighted by Gasteiger charge is 2.23. The summed E-state index contributed by atoms with van der Waals surface area (Å²) < 4.78 is 20.8. The predicted molar refractivity (Wildman–Crippen MR) is 102 cm³/mol. The van der Waals surface area contributed by atoms with Gasteiger partial charge in [0, 0.05) is 42.4 Å². The number of aromatic amines is 1. The lowest BCUT2D eigenvalue weighted by Crippen LogP contribution is -2.36. The van der Waals surface area contributed by atoms with Crippen LogP contribution in [0.1, 0.15) is 22.6 Å². The van der Waals surface area contributed by atoms with Crippen LogP contribution in [0.15, 0.2) is 51.9 Å². The van der Waals surface area contributed by atoms with Gasteiger partial charge in [-0.1, -0.05) is 18.2 Å². The summed E-state index contributed by atoms with van der Waals surface area (Å²) in [6.07, 6.45) is 2.22. The first-order valence-corrected chi connectivity index (χ1v) is 9.24. The van der Waals surface area contributed by atoms with Crippen molar-refractivity contribution in [3.8, 4) is 11.3 Å². The van der Waals surface area contributed by atoms with Crippen LogP contribution in [0, 0.1) is 12.7 Å². The van der Waals surface area contributed by atoms with E-state index in [1.165, 1.54) is 10.6 Å². The van der Waals surface area contributed by atoms with Crippen molar-refractivity contribution in [1.82, 2.24) is 19.5 Å². The SMILES string of the molecule is Cc1occc1-c1cc2nc3c(c(=O)n2[nH]1)CCN(Cc1ccccc1F)C3. The smallest absolute Gasteiger partial charge is 0.276 e. The van der Waals surface area contributed by atoms with Crippen LogP contribution in [0.5, 0.6) is 0 Å². The van der Waals surface area contributed by atoms with Gasteiger partial charge in [0.25, 0.3) is 5.56 Å². The average Bonchev–Trinajstić information content (AvgIpc) is 3.29. The molecule has 0 radical (unpaired) electrons. The second kappa shape index (κ2) is 6.45. The minimum Gasteiger partial charge on any atom is -0.469 e. The summed E-state index contributed by atoms with van der Waals surface area (Å²) in [7, 11) is 0. The maximum atomic E-state index is 14.0. The van der Waals surface area contributed by atoms with Crippen molar-refractivity contribution in [3.63, 3.8) is 0 Å². The lowest BCUT2D eigenvalue weighted by Gasteiger charge is -2.27. The van der Waals surface area contributed by atoms with Crippen molar-refractivity contribution < 1.29 is 8.81 Å². The molecule has 7 heteroatoms. The molecule has 142 valence electrons. The molecular formula is C21H19FN4O2. The molecule has 1 N–H and O–H groups in total. The molecule has 5 rings (SSSR count). The van der Waals surface area contributed by atoms with Crippen LogP contribution in [0.4, 0.5) is 4.39 Å². The first kappa shape index (κ1) is 16.9. The van der Waals surface area contributed by atoms with E-state index in [0.717, 1.165) is 28.3 Å². The zero-order chi connectivity index (χ0) is 19.3. The summed E-state index contributed by atoms with van der Waals surface area (Å²) in [5.41, 5.74) is 4.35. The van der Waals surface area contributed by atoms with E-state index >= 15 is 0 Å². The number of nitrogens with zero attached hydrogens (tertiary/aromatic N) is 3. The average molecular weight is 378 g/mol. The van der Waals surface area contributed by atoms with Crippen LogP contribution in [0.2, 0.25) is 0 Å². The number of halogens is 1. The van der Waals surface area contributed by atoms with E-state index in [-0.39, 0.29) is 11.4 Å². The summed E-state index contributed by atoms with van der Waals surface area (Å²) in [6.45, 7) is 3.60. The standard InChI is InChI=1S/C21H19FN4O2/c1-13-15(7-9-28-13)18-10-20-23-19-12-25(11-14-4-2-3-5-17(14)22)8-6-16(19)21(27)26(20)24-18/h2-5,7,9-10,24H,6,8,11-12H2,1H3. The Morgan fingerprint density at radius 3 is 2.93 bits per heavy atom. The van der Waals surface area contributed by atoms with Crippen LogP contribution < -0.4 is 5.56 Å². The monoisotopic (exact) mass is 378 g/mol. The summed E-state index contributed by atoms with van der Waals surface area (Å²) in [4.78, 5) is 19.8. The third-order valence-electron chi connectivity index (χ3n) is 5.35. The van der Waals surface area contributed by atoms with Gasteiger partial charge in [0.05, 0.1) is 17.7 Å². The molecule has 0 saturated carbocycles. The van der Waals surface area contributed by atoms with Crippen molar-refractivity contribution >= 4 is 5.65 Å². The molecular weight excluding hydrogens is 359 g/mol. The molecule has 1 aliphatic rings. The Balaban J connectivity index is 1.50. The molecule has 4 heterocycles. The minimum absolute atomic E-state index is 0.0714. The van der Waals surface area contributed by atoms with Gasteiger partial charge in [0.15, 0.2) is 5.65 Å². The van der Waals surface area contributed by atoms with Gasteiger partial charge < -0.3 is 4.42 Å². The second-order valence-electron chi connectivity index (χ2n) is 7.15. The number of aryl methyl sites for hydroxylation is 1. The summed E-state index contributed by atoms with van der Waals surface area (Å²) in [6, 6.07) is 10.5. The van der Waals surface area contributed by atoms with E-state index < -0.39 is 0 Å². The number of hydrogen-bond donors (Lipinski definition) is 1. The van der Waals surface area contributed by atoms with Gasteiger partial charge in [-0.05, 0) is 25.5 Å². The number of H-pyrrole nitrogens is 1. The van der Waals surface area contributed by atoms with Crippen LogP contribution in [-0.4, -0.2) is 26.0 Å². The van der Waals surface area contributed by atoms with E-state index in [0.29, 0.717) is 37.3 Å². The number of benzene rings is 1. The molecule has 0 unspecified atom stereocenters. The van der Waals surface area contributed by atoms with Crippen LogP contribution in [0.3, 0.4) is 0 Å². The Bertz CT molecular complexity index is 1240. The highest BCUT2D eigenvalue weighted by Crippen LogP contribution is 2.24. The molecule has 0 aliphatic carbocycles. The molecule has 1 aromatic carbocycles. The minimum atomic E-state index is -0.206. The molecule has 3 aromatic heterocycles.